The fraction of sp³-hybridized carbons (Fsp3) is 0.500. The normalized spacial score (nSPS) is 13.0. The Morgan fingerprint density at radius 3 is 2.62 bits per heavy atom. The van der Waals surface area contributed by atoms with Gasteiger partial charge in [-0.1, -0.05) is 13.8 Å². The summed E-state index contributed by atoms with van der Waals surface area (Å²) >= 11 is 0. The minimum absolute atomic E-state index is 0.0195. The smallest absolute Gasteiger partial charge is 0.241 e. The third kappa shape index (κ3) is 5.29. The van der Waals surface area contributed by atoms with Crippen molar-refractivity contribution in [1.29, 1.82) is 0 Å². The Balaban J connectivity index is 2.77. The van der Waals surface area contributed by atoms with Gasteiger partial charge in [0, 0.05) is 18.8 Å². The second-order valence-electron chi connectivity index (χ2n) is 5.00. The van der Waals surface area contributed by atoms with Crippen molar-refractivity contribution in [2.75, 3.05) is 12.0 Å². The van der Waals surface area contributed by atoms with Gasteiger partial charge < -0.3 is 10.7 Å². The third-order valence-corrected chi connectivity index (χ3v) is 4.14. The van der Waals surface area contributed by atoms with Gasteiger partial charge in [-0.2, -0.15) is 4.72 Å². The number of nitrogens with zero attached hydrogens (tertiary/aromatic N) is 1. The average molecular weight is 315 g/mol. The van der Waals surface area contributed by atoms with Crippen molar-refractivity contribution in [1.82, 2.24) is 15.0 Å². The molecule has 1 rings (SSSR count). The number of carbonyl (C=O) groups is 1. The minimum Gasteiger partial charge on any atom is -0.354 e. The van der Waals surface area contributed by atoms with Crippen LogP contribution in [0.25, 0.3) is 0 Å². The number of hydrogen-bond donors (Lipinski definition) is 4. The Bertz CT molecular complexity index is 588. The van der Waals surface area contributed by atoms with Gasteiger partial charge in [-0.05, 0) is 18.9 Å². The molecule has 0 fully saturated rings. The molecule has 0 aliphatic heterocycles. The Kier molecular flexibility index (Phi) is 6.06. The Morgan fingerprint density at radius 2 is 2.05 bits per heavy atom. The van der Waals surface area contributed by atoms with Crippen LogP contribution in [0.15, 0.2) is 23.2 Å². The molecule has 0 saturated carbocycles. The van der Waals surface area contributed by atoms with Gasteiger partial charge in [0.25, 0.3) is 0 Å². The summed E-state index contributed by atoms with van der Waals surface area (Å²) in [7, 11) is -3.82. The number of nitrogen functional groups attached to an aromatic ring is 1. The van der Waals surface area contributed by atoms with Crippen molar-refractivity contribution in [2.24, 2.45) is 11.8 Å². The zero-order valence-corrected chi connectivity index (χ0v) is 13.1. The predicted molar refractivity (Wildman–Crippen MR) is 79.7 cm³/mol. The number of sulfonamides is 1. The molecule has 0 spiro atoms. The Hall–Kier alpha value is -1.71. The maximum absolute atomic E-state index is 12.2. The SMILES string of the molecule is CC(C)CNC(=O)C(C)NS(=O)(=O)c1ccnc(NN)c1. The van der Waals surface area contributed by atoms with Crippen LogP contribution in [0.2, 0.25) is 0 Å². The first-order chi connectivity index (χ1) is 9.76. The summed E-state index contributed by atoms with van der Waals surface area (Å²) in [5, 5.41) is 2.67. The number of anilines is 1. The highest BCUT2D eigenvalue weighted by Crippen LogP contribution is 2.12. The Labute approximate surface area is 124 Å². The summed E-state index contributed by atoms with van der Waals surface area (Å²) in [6.45, 7) is 5.87. The van der Waals surface area contributed by atoms with Gasteiger partial charge in [-0.3, -0.25) is 4.79 Å². The van der Waals surface area contributed by atoms with Crippen LogP contribution in [0.5, 0.6) is 0 Å². The first-order valence-corrected chi connectivity index (χ1v) is 7.97. The maximum atomic E-state index is 12.2. The lowest BCUT2D eigenvalue weighted by molar-refractivity contribution is -0.122. The van der Waals surface area contributed by atoms with Gasteiger partial charge in [0.1, 0.15) is 5.82 Å². The van der Waals surface area contributed by atoms with E-state index in [2.05, 4.69) is 20.4 Å². The fourth-order valence-electron chi connectivity index (χ4n) is 1.47. The van der Waals surface area contributed by atoms with E-state index < -0.39 is 16.1 Å². The molecule has 0 saturated heterocycles. The largest absolute Gasteiger partial charge is 0.354 e. The molecule has 118 valence electrons. The number of rotatable bonds is 7. The van der Waals surface area contributed by atoms with Crippen LogP contribution >= 0.6 is 0 Å². The summed E-state index contributed by atoms with van der Waals surface area (Å²) in [6.07, 6.45) is 1.31. The summed E-state index contributed by atoms with van der Waals surface area (Å²) in [5.74, 6) is 5.32. The second kappa shape index (κ2) is 7.34. The number of hydrazine groups is 1. The Morgan fingerprint density at radius 1 is 1.38 bits per heavy atom. The topological polar surface area (TPSA) is 126 Å². The molecule has 1 unspecified atom stereocenters. The maximum Gasteiger partial charge on any atom is 0.241 e. The summed E-state index contributed by atoms with van der Waals surface area (Å²) in [4.78, 5) is 15.6. The quantitative estimate of drug-likeness (QED) is 0.408. The number of nitrogens with one attached hydrogen (secondary N) is 3. The van der Waals surface area contributed by atoms with E-state index in [0.717, 1.165) is 0 Å². The highest BCUT2D eigenvalue weighted by atomic mass is 32.2. The van der Waals surface area contributed by atoms with Gasteiger partial charge in [-0.15, -0.1) is 0 Å². The molecule has 0 radical (unpaired) electrons. The molecule has 1 atom stereocenters. The van der Waals surface area contributed by atoms with Crippen LogP contribution in [0.1, 0.15) is 20.8 Å². The first kappa shape index (κ1) is 17.3. The fourth-order valence-corrected chi connectivity index (χ4v) is 2.68. The molecule has 0 bridgehead atoms. The van der Waals surface area contributed by atoms with Crippen LogP contribution in [0, 0.1) is 5.92 Å². The van der Waals surface area contributed by atoms with Gasteiger partial charge in [0.2, 0.25) is 15.9 Å². The lowest BCUT2D eigenvalue weighted by atomic mass is 10.2. The van der Waals surface area contributed by atoms with Crippen LogP contribution in [0.3, 0.4) is 0 Å². The standard InChI is InChI=1S/C12H21N5O3S/c1-8(2)7-15-12(18)9(3)17-21(19,20)10-4-5-14-11(6-10)16-13/h4-6,8-9,17H,7,13H2,1-3H3,(H,14,16)(H,15,18). The van der Waals surface area contributed by atoms with Crippen LogP contribution in [-0.4, -0.2) is 31.9 Å². The highest BCUT2D eigenvalue weighted by molar-refractivity contribution is 7.89. The summed E-state index contributed by atoms with van der Waals surface area (Å²) < 4.78 is 26.6. The number of amides is 1. The number of pyridine rings is 1. The van der Waals surface area contributed by atoms with Crippen molar-refractivity contribution < 1.29 is 13.2 Å². The van der Waals surface area contributed by atoms with Crippen molar-refractivity contribution in [2.45, 2.75) is 31.7 Å². The molecule has 1 aromatic rings. The van der Waals surface area contributed by atoms with E-state index in [1.807, 2.05) is 13.8 Å². The molecule has 1 aromatic heterocycles. The molecule has 0 aromatic carbocycles. The lowest BCUT2D eigenvalue weighted by Crippen LogP contribution is -2.45. The average Bonchev–Trinajstić information content (AvgIpc) is 2.44. The molecule has 9 heteroatoms. The van der Waals surface area contributed by atoms with E-state index in [1.165, 1.54) is 25.3 Å². The van der Waals surface area contributed by atoms with Crippen molar-refractivity contribution in [3.8, 4) is 0 Å². The van der Waals surface area contributed by atoms with E-state index in [4.69, 9.17) is 5.84 Å². The highest BCUT2D eigenvalue weighted by Gasteiger charge is 2.22. The molecule has 1 amide bonds. The number of hydrogen-bond acceptors (Lipinski definition) is 6. The van der Waals surface area contributed by atoms with Gasteiger partial charge in [-0.25, -0.2) is 19.2 Å². The van der Waals surface area contributed by atoms with Crippen molar-refractivity contribution >= 4 is 21.7 Å². The van der Waals surface area contributed by atoms with E-state index in [0.29, 0.717) is 6.54 Å². The summed E-state index contributed by atoms with van der Waals surface area (Å²) in [6, 6.07) is 1.72. The molecule has 0 aliphatic carbocycles. The molecular formula is C12H21N5O3S. The van der Waals surface area contributed by atoms with Gasteiger partial charge in [0.15, 0.2) is 0 Å². The third-order valence-electron chi connectivity index (χ3n) is 2.60. The second-order valence-corrected chi connectivity index (χ2v) is 6.72. The van der Waals surface area contributed by atoms with Crippen LogP contribution in [0.4, 0.5) is 5.82 Å². The van der Waals surface area contributed by atoms with Crippen LogP contribution < -0.4 is 21.3 Å². The van der Waals surface area contributed by atoms with Crippen molar-refractivity contribution in [3.05, 3.63) is 18.3 Å². The number of carbonyl (C=O) groups excluding carboxylic acids is 1. The lowest BCUT2D eigenvalue weighted by Gasteiger charge is -2.15. The molecule has 5 N–H and O–H groups in total. The summed E-state index contributed by atoms with van der Waals surface area (Å²) in [5.41, 5.74) is 2.27. The predicted octanol–water partition coefficient (Wildman–Crippen LogP) is -0.194. The van der Waals surface area contributed by atoms with Gasteiger partial charge >= 0.3 is 0 Å². The van der Waals surface area contributed by atoms with E-state index in [9.17, 15) is 13.2 Å². The molecule has 1 heterocycles. The number of aromatic nitrogens is 1. The monoisotopic (exact) mass is 315 g/mol. The van der Waals surface area contributed by atoms with Gasteiger partial charge in [0.05, 0.1) is 10.9 Å². The van der Waals surface area contributed by atoms with Crippen LogP contribution in [-0.2, 0) is 14.8 Å². The van der Waals surface area contributed by atoms with Crippen molar-refractivity contribution in [3.63, 3.8) is 0 Å². The van der Waals surface area contributed by atoms with E-state index in [1.54, 1.807) is 0 Å². The first-order valence-electron chi connectivity index (χ1n) is 6.49. The molecule has 0 aliphatic rings. The minimum atomic E-state index is -3.82. The zero-order valence-electron chi connectivity index (χ0n) is 12.3. The zero-order chi connectivity index (χ0) is 16.0. The van der Waals surface area contributed by atoms with E-state index >= 15 is 0 Å². The number of nitrogens with two attached hydrogens (primary N) is 1. The van der Waals surface area contributed by atoms with E-state index in [-0.39, 0.29) is 22.5 Å². The molecule has 21 heavy (non-hydrogen) atoms. The molecule has 8 nitrogen and oxygen atoms in total. The molecular weight excluding hydrogens is 294 g/mol.